The van der Waals surface area contributed by atoms with E-state index in [1.165, 1.54) is 0 Å². The van der Waals surface area contributed by atoms with E-state index in [-0.39, 0.29) is 5.56 Å². The predicted octanol–water partition coefficient (Wildman–Crippen LogP) is 6.76. The van der Waals surface area contributed by atoms with Crippen LogP contribution in [0.15, 0.2) is 58.8 Å². The Kier molecular flexibility index (Phi) is 5.88. The zero-order chi connectivity index (χ0) is 21.3. The van der Waals surface area contributed by atoms with Gasteiger partial charge >= 0.3 is 0 Å². The summed E-state index contributed by atoms with van der Waals surface area (Å²) in [6.07, 6.45) is 1.91. The average Bonchev–Trinajstić information content (AvgIpc) is 3.23. The monoisotopic (exact) mass is 436 g/mol. The number of fused-ring (bicyclic) bond motifs is 1. The largest absolute Gasteiger partial charge is 0.456 e. The molecule has 0 spiro atoms. The molecule has 0 atom stereocenters. The highest BCUT2D eigenvalue weighted by Crippen LogP contribution is 2.41. The molecule has 6 heteroatoms. The Hall–Kier alpha value is -2.70. The molecule has 0 saturated heterocycles. The lowest BCUT2D eigenvalue weighted by Gasteiger charge is -2.17. The number of hydrogen-bond acceptors (Lipinski definition) is 5. The Morgan fingerprint density at radius 2 is 1.87 bits per heavy atom. The zero-order valence-corrected chi connectivity index (χ0v) is 19.1. The lowest BCUT2D eigenvalue weighted by Crippen LogP contribution is -2.15. The van der Waals surface area contributed by atoms with Gasteiger partial charge in [0.15, 0.2) is 0 Å². The third-order valence-electron chi connectivity index (χ3n) is 5.01. The summed E-state index contributed by atoms with van der Waals surface area (Å²) in [5.41, 5.74) is 5.15. The maximum absolute atomic E-state index is 12.6. The van der Waals surface area contributed by atoms with E-state index in [2.05, 4.69) is 43.7 Å². The fourth-order valence-electron chi connectivity index (χ4n) is 3.50. The van der Waals surface area contributed by atoms with Crippen LogP contribution in [-0.4, -0.2) is 10.3 Å². The minimum absolute atomic E-state index is 0.0167. The van der Waals surface area contributed by atoms with Crippen LogP contribution in [0, 0.1) is 13.8 Å². The number of aromatic nitrogens is 1. The van der Waals surface area contributed by atoms with Crippen molar-refractivity contribution < 1.29 is 4.74 Å². The number of aryl methyl sites for hydroxylation is 3. The van der Waals surface area contributed by atoms with Gasteiger partial charge in [0.1, 0.15) is 11.5 Å². The molecule has 2 aromatic carbocycles. The molecular formula is C24H24N2O2S2. The van der Waals surface area contributed by atoms with Crippen LogP contribution in [0.25, 0.3) is 21.2 Å². The number of thiophene rings is 1. The fourth-order valence-corrected chi connectivity index (χ4v) is 4.85. The van der Waals surface area contributed by atoms with Crippen LogP contribution in [0.2, 0.25) is 0 Å². The Morgan fingerprint density at radius 3 is 2.60 bits per heavy atom. The van der Waals surface area contributed by atoms with Crippen molar-refractivity contribution in [2.45, 2.75) is 20.8 Å². The molecule has 0 fully saturated rings. The highest BCUT2D eigenvalue weighted by atomic mass is 32.2. The number of ether oxygens (including phenoxy) is 1. The van der Waals surface area contributed by atoms with Gasteiger partial charge in [-0.15, -0.1) is 11.3 Å². The Morgan fingerprint density at radius 1 is 1.10 bits per heavy atom. The van der Waals surface area contributed by atoms with Crippen molar-refractivity contribution in [2.24, 2.45) is 7.05 Å². The van der Waals surface area contributed by atoms with Gasteiger partial charge in [0.25, 0.3) is 5.56 Å². The normalized spacial score (nSPS) is 11.1. The van der Waals surface area contributed by atoms with Crippen LogP contribution in [0.1, 0.15) is 18.1 Å². The SMILES string of the molecule is CCSNc1ccc(Oc2c(C)cccc2C)c(-c2cn(C)c(=O)c3ccsc23)c1. The number of nitrogens with zero attached hydrogens (tertiary/aromatic N) is 1. The fraction of sp³-hybridized carbons (Fsp3) is 0.208. The van der Waals surface area contributed by atoms with Crippen molar-refractivity contribution in [3.05, 3.63) is 75.5 Å². The lowest BCUT2D eigenvalue weighted by atomic mass is 10.0. The summed E-state index contributed by atoms with van der Waals surface area (Å²) >= 11 is 3.23. The van der Waals surface area contributed by atoms with E-state index < -0.39 is 0 Å². The van der Waals surface area contributed by atoms with Gasteiger partial charge in [-0.3, -0.25) is 4.79 Å². The molecule has 0 aliphatic carbocycles. The van der Waals surface area contributed by atoms with Gasteiger partial charge < -0.3 is 14.0 Å². The molecule has 0 bridgehead atoms. The summed E-state index contributed by atoms with van der Waals surface area (Å²) in [6.45, 7) is 6.22. The van der Waals surface area contributed by atoms with Gasteiger partial charge in [-0.1, -0.05) is 37.1 Å². The van der Waals surface area contributed by atoms with Gasteiger partial charge in [-0.05, 0) is 54.6 Å². The minimum Gasteiger partial charge on any atom is -0.456 e. The van der Waals surface area contributed by atoms with Crippen molar-refractivity contribution in [3.8, 4) is 22.6 Å². The first-order chi connectivity index (χ1) is 14.5. The quantitative estimate of drug-likeness (QED) is 0.339. The molecule has 0 radical (unpaired) electrons. The minimum atomic E-state index is 0.0167. The van der Waals surface area contributed by atoms with Crippen molar-refractivity contribution in [2.75, 3.05) is 10.5 Å². The standard InChI is InChI=1S/C24H24N2O2S2/c1-5-30-25-17-9-10-21(28-22-15(2)7-6-8-16(22)3)19(13-17)20-14-26(4)24(27)18-11-12-29-23(18)20/h6-14,25H,5H2,1-4H3. The molecule has 2 aromatic heterocycles. The van der Waals surface area contributed by atoms with E-state index in [0.717, 1.165) is 55.3 Å². The molecule has 2 heterocycles. The Bertz CT molecular complexity index is 1250. The maximum atomic E-state index is 12.6. The van der Waals surface area contributed by atoms with E-state index in [1.807, 2.05) is 35.8 Å². The van der Waals surface area contributed by atoms with E-state index in [0.29, 0.717) is 0 Å². The summed E-state index contributed by atoms with van der Waals surface area (Å²) in [5.74, 6) is 2.60. The van der Waals surface area contributed by atoms with Crippen molar-refractivity contribution >= 4 is 39.1 Å². The van der Waals surface area contributed by atoms with Gasteiger partial charge in [0, 0.05) is 40.5 Å². The number of para-hydroxylation sites is 1. The zero-order valence-electron chi connectivity index (χ0n) is 17.5. The predicted molar refractivity (Wildman–Crippen MR) is 130 cm³/mol. The van der Waals surface area contributed by atoms with Crippen LogP contribution >= 0.6 is 23.3 Å². The number of pyridine rings is 1. The molecular weight excluding hydrogens is 412 g/mol. The topological polar surface area (TPSA) is 43.3 Å². The number of benzene rings is 2. The van der Waals surface area contributed by atoms with Gasteiger partial charge in [-0.25, -0.2) is 0 Å². The highest BCUT2D eigenvalue weighted by Gasteiger charge is 2.17. The van der Waals surface area contributed by atoms with Crippen molar-refractivity contribution in [1.82, 2.24) is 4.57 Å². The second-order valence-electron chi connectivity index (χ2n) is 7.19. The molecule has 4 aromatic rings. The number of rotatable bonds is 6. The molecule has 0 saturated carbocycles. The van der Waals surface area contributed by atoms with E-state index >= 15 is 0 Å². The van der Waals surface area contributed by atoms with Gasteiger partial charge in [0.2, 0.25) is 0 Å². The molecule has 30 heavy (non-hydrogen) atoms. The van der Waals surface area contributed by atoms with Crippen molar-refractivity contribution in [3.63, 3.8) is 0 Å². The smallest absolute Gasteiger partial charge is 0.259 e. The molecule has 154 valence electrons. The van der Waals surface area contributed by atoms with E-state index in [1.54, 1.807) is 34.9 Å². The summed E-state index contributed by atoms with van der Waals surface area (Å²) < 4.78 is 12.5. The van der Waals surface area contributed by atoms with Crippen LogP contribution in [0.3, 0.4) is 0 Å². The van der Waals surface area contributed by atoms with Crippen molar-refractivity contribution in [1.29, 1.82) is 0 Å². The first-order valence-electron chi connectivity index (χ1n) is 9.82. The average molecular weight is 437 g/mol. The van der Waals surface area contributed by atoms with E-state index in [9.17, 15) is 4.79 Å². The molecule has 4 rings (SSSR count). The van der Waals surface area contributed by atoms with Gasteiger partial charge in [-0.2, -0.15) is 0 Å². The second kappa shape index (κ2) is 8.58. The number of nitrogens with one attached hydrogen (secondary N) is 1. The third kappa shape index (κ3) is 3.85. The Labute approximate surface area is 184 Å². The summed E-state index contributed by atoms with van der Waals surface area (Å²) in [5, 5.41) is 2.70. The van der Waals surface area contributed by atoms with Crippen LogP contribution in [0.4, 0.5) is 5.69 Å². The Balaban J connectivity index is 1.92. The summed E-state index contributed by atoms with van der Waals surface area (Å²) in [4.78, 5) is 12.6. The molecule has 0 aliphatic heterocycles. The third-order valence-corrected chi connectivity index (χ3v) is 6.62. The van der Waals surface area contributed by atoms with Crippen LogP contribution in [0.5, 0.6) is 11.5 Å². The maximum Gasteiger partial charge on any atom is 0.259 e. The molecule has 4 nitrogen and oxygen atoms in total. The van der Waals surface area contributed by atoms with E-state index in [4.69, 9.17) is 4.74 Å². The highest BCUT2D eigenvalue weighted by molar-refractivity contribution is 8.00. The van der Waals surface area contributed by atoms with Gasteiger partial charge in [0.05, 0.1) is 5.39 Å². The first-order valence-corrected chi connectivity index (χ1v) is 11.7. The molecule has 1 N–H and O–H groups in total. The second-order valence-corrected chi connectivity index (χ2v) is 9.18. The molecule has 0 aliphatic rings. The number of anilines is 1. The summed E-state index contributed by atoms with van der Waals surface area (Å²) in [6, 6.07) is 14.2. The molecule has 0 unspecified atom stereocenters. The first kappa shape index (κ1) is 20.6. The lowest BCUT2D eigenvalue weighted by molar-refractivity contribution is 0.477. The van der Waals surface area contributed by atoms with Crippen LogP contribution < -0.4 is 15.0 Å². The molecule has 0 amide bonds. The summed E-state index contributed by atoms with van der Waals surface area (Å²) in [7, 11) is 1.80. The number of hydrogen-bond donors (Lipinski definition) is 1. The van der Waals surface area contributed by atoms with Crippen LogP contribution in [-0.2, 0) is 7.05 Å².